The van der Waals surface area contributed by atoms with Crippen molar-refractivity contribution in [1.82, 2.24) is 0 Å². The molecule has 18 heavy (non-hydrogen) atoms. The first-order valence-corrected chi connectivity index (χ1v) is 6.07. The SMILES string of the molecule is N#Cc1ccccc1-c1ccc2c(c1)CCOC2. The van der Waals surface area contributed by atoms with E-state index in [-0.39, 0.29) is 0 Å². The molecule has 3 rings (SSSR count). The van der Waals surface area contributed by atoms with E-state index in [0.717, 1.165) is 29.7 Å². The molecule has 0 fully saturated rings. The van der Waals surface area contributed by atoms with Crippen LogP contribution in [0.5, 0.6) is 0 Å². The van der Waals surface area contributed by atoms with Crippen LogP contribution >= 0.6 is 0 Å². The number of hydrogen-bond donors (Lipinski definition) is 0. The summed E-state index contributed by atoms with van der Waals surface area (Å²) in [4.78, 5) is 0. The van der Waals surface area contributed by atoms with Crippen LogP contribution < -0.4 is 0 Å². The van der Waals surface area contributed by atoms with Crippen LogP contribution in [0.2, 0.25) is 0 Å². The predicted octanol–water partition coefficient (Wildman–Crippen LogP) is 3.30. The van der Waals surface area contributed by atoms with Crippen LogP contribution in [0.15, 0.2) is 42.5 Å². The molecule has 2 aromatic rings. The number of benzene rings is 2. The molecule has 0 radical (unpaired) electrons. The summed E-state index contributed by atoms with van der Waals surface area (Å²) in [6.07, 6.45) is 0.956. The van der Waals surface area contributed by atoms with Crippen molar-refractivity contribution in [3.63, 3.8) is 0 Å². The van der Waals surface area contributed by atoms with E-state index in [1.807, 2.05) is 24.3 Å². The maximum absolute atomic E-state index is 9.15. The van der Waals surface area contributed by atoms with Gasteiger partial charge in [-0.15, -0.1) is 0 Å². The summed E-state index contributed by atoms with van der Waals surface area (Å²) in [5.74, 6) is 0. The van der Waals surface area contributed by atoms with Crippen molar-refractivity contribution >= 4 is 0 Å². The molecule has 0 N–H and O–H groups in total. The lowest BCUT2D eigenvalue weighted by atomic mass is 9.94. The molecule has 0 saturated heterocycles. The van der Waals surface area contributed by atoms with Crippen LogP contribution in [0.3, 0.4) is 0 Å². The van der Waals surface area contributed by atoms with Crippen LogP contribution in [0.1, 0.15) is 16.7 Å². The van der Waals surface area contributed by atoms with E-state index < -0.39 is 0 Å². The molecule has 2 heteroatoms. The summed E-state index contributed by atoms with van der Waals surface area (Å²) in [5, 5.41) is 9.15. The van der Waals surface area contributed by atoms with E-state index in [0.29, 0.717) is 6.61 Å². The Balaban J connectivity index is 2.10. The maximum Gasteiger partial charge on any atom is 0.0998 e. The summed E-state index contributed by atoms with van der Waals surface area (Å²) in [6.45, 7) is 1.49. The Morgan fingerprint density at radius 1 is 1.06 bits per heavy atom. The number of rotatable bonds is 1. The third-order valence-corrected chi connectivity index (χ3v) is 3.34. The zero-order valence-electron chi connectivity index (χ0n) is 10.0. The molecular weight excluding hydrogens is 222 g/mol. The lowest BCUT2D eigenvalue weighted by molar-refractivity contribution is 0.111. The summed E-state index contributed by atoms with van der Waals surface area (Å²) in [5.41, 5.74) is 5.46. The highest BCUT2D eigenvalue weighted by Crippen LogP contribution is 2.27. The third kappa shape index (κ3) is 1.90. The summed E-state index contributed by atoms with van der Waals surface area (Å²) >= 11 is 0. The van der Waals surface area contributed by atoms with Crippen molar-refractivity contribution in [2.45, 2.75) is 13.0 Å². The normalized spacial score (nSPS) is 13.7. The monoisotopic (exact) mass is 235 g/mol. The molecule has 0 amide bonds. The minimum atomic E-state index is 0.704. The Hall–Kier alpha value is -2.11. The summed E-state index contributed by atoms with van der Waals surface area (Å²) in [6, 6.07) is 16.3. The highest BCUT2D eigenvalue weighted by molar-refractivity contribution is 5.71. The molecule has 1 heterocycles. The minimum absolute atomic E-state index is 0.704. The van der Waals surface area contributed by atoms with Crippen molar-refractivity contribution in [1.29, 1.82) is 5.26 Å². The fourth-order valence-corrected chi connectivity index (χ4v) is 2.36. The van der Waals surface area contributed by atoms with Gasteiger partial charge in [0.05, 0.1) is 24.8 Å². The van der Waals surface area contributed by atoms with Crippen molar-refractivity contribution in [2.75, 3.05) is 6.61 Å². The zero-order chi connectivity index (χ0) is 12.4. The topological polar surface area (TPSA) is 33.0 Å². The minimum Gasteiger partial charge on any atom is -0.376 e. The number of nitriles is 1. The molecule has 0 saturated carbocycles. The highest BCUT2D eigenvalue weighted by Gasteiger charge is 2.11. The van der Waals surface area contributed by atoms with Gasteiger partial charge in [0.2, 0.25) is 0 Å². The van der Waals surface area contributed by atoms with Gasteiger partial charge in [-0.1, -0.05) is 36.4 Å². The summed E-state index contributed by atoms with van der Waals surface area (Å²) in [7, 11) is 0. The molecular formula is C16H13NO. The van der Waals surface area contributed by atoms with Gasteiger partial charge in [-0.25, -0.2) is 0 Å². The van der Waals surface area contributed by atoms with E-state index in [1.54, 1.807) is 0 Å². The second-order valence-corrected chi connectivity index (χ2v) is 4.44. The van der Waals surface area contributed by atoms with Crippen molar-refractivity contribution in [3.8, 4) is 17.2 Å². The van der Waals surface area contributed by atoms with Crippen LogP contribution in [-0.4, -0.2) is 6.61 Å². The second kappa shape index (κ2) is 4.64. The van der Waals surface area contributed by atoms with E-state index in [4.69, 9.17) is 10.00 Å². The fraction of sp³-hybridized carbons (Fsp3) is 0.188. The number of fused-ring (bicyclic) bond motifs is 1. The van der Waals surface area contributed by atoms with Crippen LogP contribution in [0.25, 0.3) is 11.1 Å². The third-order valence-electron chi connectivity index (χ3n) is 3.34. The van der Waals surface area contributed by atoms with Gasteiger partial charge in [-0.05, 0) is 34.7 Å². The molecule has 2 nitrogen and oxygen atoms in total. The van der Waals surface area contributed by atoms with Crippen LogP contribution in [0, 0.1) is 11.3 Å². The Morgan fingerprint density at radius 3 is 2.83 bits per heavy atom. The lowest BCUT2D eigenvalue weighted by Crippen LogP contribution is -2.09. The molecule has 1 aliphatic heterocycles. The van der Waals surface area contributed by atoms with Crippen molar-refractivity contribution in [2.24, 2.45) is 0 Å². The van der Waals surface area contributed by atoms with Crippen LogP contribution in [0.4, 0.5) is 0 Å². The molecule has 88 valence electrons. The largest absolute Gasteiger partial charge is 0.376 e. The summed E-state index contributed by atoms with van der Waals surface area (Å²) < 4.78 is 5.43. The molecule has 0 aromatic heterocycles. The van der Waals surface area contributed by atoms with Gasteiger partial charge in [0.15, 0.2) is 0 Å². The molecule has 0 bridgehead atoms. The van der Waals surface area contributed by atoms with Crippen molar-refractivity contribution < 1.29 is 4.74 Å². The molecule has 0 spiro atoms. The van der Waals surface area contributed by atoms with E-state index in [2.05, 4.69) is 24.3 Å². The highest BCUT2D eigenvalue weighted by atomic mass is 16.5. The first-order chi connectivity index (χ1) is 8.88. The smallest absolute Gasteiger partial charge is 0.0998 e. The van der Waals surface area contributed by atoms with Gasteiger partial charge in [-0.3, -0.25) is 0 Å². The first-order valence-electron chi connectivity index (χ1n) is 6.07. The van der Waals surface area contributed by atoms with Gasteiger partial charge in [0.25, 0.3) is 0 Å². The quantitative estimate of drug-likeness (QED) is 0.759. The first kappa shape index (κ1) is 11.0. The van der Waals surface area contributed by atoms with Gasteiger partial charge >= 0.3 is 0 Å². The van der Waals surface area contributed by atoms with E-state index >= 15 is 0 Å². The van der Waals surface area contributed by atoms with Gasteiger partial charge in [-0.2, -0.15) is 5.26 Å². The lowest BCUT2D eigenvalue weighted by Gasteiger charge is -2.17. The molecule has 2 aromatic carbocycles. The average molecular weight is 235 g/mol. The molecule has 1 aliphatic rings. The molecule has 0 unspecified atom stereocenters. The molecule has 0 atom stereocenters. The fourth-order valence-electron chi connectivity index (χ4n) is 2.36. The zero-order valence-corrected chi connectivity index (χ0v) is 10.0. The van der Waals surface area contributed by atoms with Gasteiger partial charge in [0, 0.05) is 0 Å². The van der Waals surface area contributed by atoms with Crippen LogP contribution in [-0.2, 0) is 17.8 Å². The Labute approximate surface area is 106 Å². The van der Waals surface area contributed by atoms with E-state index in [1.165, 1.54) is 11.1 Å². The predicted molar refractivity (Wildman–Crippen MR) is 70.0 cm³/mol. The number of ether oxygens (including phenoxy) is 1. The Morgan fingerprint density at radius 2 is 1.94 bits per heavy atom. The Bertz CT molecular complexity index is 625. The standard InChI is InChI=1S/C16H13NO/c17-10-14-3-1-2-4-16(14)13-5-6-15-11-18-8-7-12(15)9-13/h1-6,9H,7-8,11H2. The number of hydrogen-bond acceptors (Lipinski definition) is 2. The van der Waals surface area contributed by atoms with Gasteiger partial charge in [0.1, 0.15) is 0 Å². The van der Waals surface area contributed by atoms with Gasteiger partial charge < -0.3 is 4.74 Å². The van der Waals surface area contributed by atoms with E-state index in [9.17, 15) is 0 Å². The average Bonchev–Trinajstić information content (AvgIpc) is 2.46. The second-order valence-electron chi connectivity index (χ2n) is 4.44. The van der Waals surface area contributed by atoms with Crippen molar-refractivity contribution in [3.05, 3.63) is 59.2 Å². The molecule has 0 aliphatic carbocycles. The number of nitrogens with zero attached hydrogens (tertiary/aromatic N) is 1. The Kier molecular flexibility index (Phi) is 2.84. The maximum atomic E-state index is 9.15.